The Hall–Kier alpha value is -1.92. The minimum absolute atomic E-state index is 0.0370. The van der Waals surface area contributed by atoms with Gasteiger partial charge in [-0.05, 0) is 18.3 Å². The number of piperidine rings is 1. The molecule has 110 valence electrons. The average molecular weight is 280 g/mol. The van der Waals surface area contributed by atoms with Crippen molar-refractivity contribution in [2.24, 2.45) is 5.41 Å². The summed E-state index contributed by atoms with van der Waals surface area (Å²) >= 11 is 0. The first-order valence-electron chi connectivity index (χ1n) is 6.85. The molecule has 0 saturated carbocycles. The van der Waals surface area contributed by atoms with E-state index in [1.807, 2.05) is 4.90 Å². The van der Waals surface area contributed by atoms with Gasteiger partial charge in [-0.2, -0.15) is 0 Å². The molecule has 1 aliphatic heterocycles. The summed E-state index contributed by atoms with van der Waals surface area (Å²) in [5.41, 5.74) is 0.190. The summed E-state index contributed by atoms with van der Waals surface area (Å²) in [5.74, 6) is -1.18. The van der Waals surface area contributed by atoms with Crippen LogP contribution in [0.5, 0.6) is 0 Å². The minimum Gasteiger partial charge on any atom is -0.476 e. The third-order valence-corrected chi connectivity index (χ3v) is 4.23. The molecule has 0 aliphatic carbocycles. The van der Waals surface area contributed by atoms with E-state index in [9.17, 15) is 9.59 Å². The number of aromatic carboxylic acids is 1. The molecule has 2 heterocycles. The molecule has 1 aliphatic rings. The van der Waals surface area contributed by atoms with Crippen molar-refractivity contribution < 1.29 is 14.7 Å². The van der Waals surface area contributed by atoms with Gasteiger partial charge in [0.15, 0.2) is 5.69 Å². The zero-order valence-corrected chi connectivity index (χ0v) is 11.9. The monoisotopic (exact) mass is 280 g/mol. The molecule has 1 aromatic rings. The van der Waals surface area contributed by atoms with Crippen molar-refractivity contribution in [3.8, 4) is 0 Å². The molecule has 0 radical (unpaired) electrons. The summed E-state index contributed by atoms with van der Waals surface area (Å²) in [7, 11) is 0. The molecule has 0 aromatic carbocycles. The van der Waals surface area contributed by atoms with Crippen molar-refractivity contribution in [1.29, 1.82) is 0 Å². The molecule has 0 spiro atoms. The lowest BCUT2D eigenvalue weighted by atomic mass is 9.78. The van der Waals surface area contributed by atoms with Crippen molar-refractivity contribution in [3.63, 3.8) is 0 Å². The molecular formula is C13H20N4O3. The second kappa shape index (κ2) is 5.60. The lowest BCUT2D eigenvalue weighted by Gasteiger charge is -2.38. The predicted molar refractivity (Wildman–Crippen MR) is 71.2 cm³/mol. The maximum atomic E-state index is 12.1. The molecule has 7 nitrogen and oxygen atoms in total. The van der Waals surface area contributed by atoms with E-state index in [1.165, 1.54) is 10.9 Å². The van der Waals surface area contributed by atoms with Crippen LogP contribution in [-0.4, -0.2) is 50.0 Å². The number of likely N-dealkylation sites (tertiary alicyclic amines) is 1. The quantitative estimate of drug-likeness (QED) is 0.889. The van der Waals surface area contributed by atoms with E-state index in [2.05, 4.69) is 24.2 Å². The van der Waals surface area contributed by atoms with Crippen LogP contribution in [0.2, 0.25) is 0 Å². The Bertz CT molecular complexity index is 503. The number of carboxylic acid groups (broad SMARTS) is 1. The van der Waals surface area contributed by atoms with Crippen molar-refractivity contribution in [2.75, 3.05) is 13.1 Å². The van der Waals surface area contributed by atoms with Gasteiger partial charge in [-0.3, -0.25) is 4.79 Å². The zero-order chi connectivity index (χ0) is 14.8. The van der Waals surface area contributed by atoms with Crippen LogP contribution in [0.25, 0.3) is 0 Å². The summed E-state index contributed by atoms with van der Waals surface area (Å²) in [6.07, 6.45) is 4.42. The van der Waals surface area contributed by atoms with Gasteiger partial charge in [0.2, 0.25) is 5.91 Å². The number of nitrogens with zero attached hydrogens (tertiary/aromatic N) is 4. The van der Waals surface area contributed by atoms with E-state index in [0.717, 1.165) is 32.4 Å². The number of aromatic nitrogens is 3. The predicted octanol–water partition coefficient (Wildman–Crippen LogP) is 1.01. The van der Waals surface area contributed by atoms with Crippen LogP contribution in [0, 0.1) is 5.41 Å². The van der Waals surface area contributed by atoms with Crippen molar-refractivity contribution >= 4 is 11.9 Å². The molecule has 20 heavy (non-hydrogen) atoms. The fourth-order valence-electron chi connectivity index (χ4n) is 2.36. The first-order valence-corrected chi connectivity index (χ1v) is 6.85. The largest absolute Gasteiger partial charge is 0.476 e. The smallest absolute Gasteiger partial charge is 0.358 e. The van der Waals surface area contributed by atoms with Crippen molar-refractivity contribution in [2.45, 2.75) is 39.7 Å². The normalized spacial score (nSPS) is 18.0. The molecule has 2 rings (SSSR count). The van der Waals surface area contributed by atoms with Gasteiger partial charge in [-0.15, -0.1) is 5.10 Å². The van der Waals surface area contributed by atoms with Crippen molar-refractivity contribution in [1.82, 2.24) is 19.9 Å². The van der Waals surface area contributed by atoms with Gasteiger partial charge >= 0.3 is 5.97 Å². The molecule has 1 N–H and O–H groups in total. The third-order valence-electron chi connectivity index (χ3n) is 4.23. The number of hydrogen-bond acceptors (Lipinski definition) is 4. The van der Waals surface area contributed by atoms with E-state index in [-0.39, 0.29) is 18.1 Å². The fraction of sp³-hybridized carbons (Fsp3) is 0.692. The van der Waals surface area contributed by atoms with E-state index in [4.69, 9.17) is 5.11 Å². The summed E-state index contributed by atoms with van der Waals surface area (Å²) in [5, 5.41) is 15.9. The molecule has 1 aromatic heterocycles. The Morgan fingerprint density at radius 1 is 1.40 bits per heavy atom. The van der Waals surface area contributed by atoms with E-state index < -0.39 is 5.97 Å². The highest BCUT2D eigenvalue weighted by molar-refractivity contribution is 5.84. The number of rotatable bonds is 4. The average Bonchev–Trinajstić information content (AvgIpc) is 2.88. The SMILES string of the molecule is CCC1(C)CCN(C(=O)Cn2cc(C(=O)O)nn2)CC1. The Kier molecular flexibility index (Phi) is 4.06. The van der Waals surface area contributed by atoms with Crippen LogP contribution in [-0.2, 0) is 11.3 Å². The number of carbonyl (C=O) groups is 2. The highest BCUT2D eigenvalue weighted by atomic mass is 16.4. The number of carbonyl (C=O) groups excluding carboxylic acids is 1. The molecule has 0 bridgehead atoms. The summed E-state index contributed by atoms with van der Waals surface area (Å²) in [6.45, 7) is 5.99. The van der Waals surface area contributed by atoms with E-state index >= 15 is 0 Å². The first-order chi connectivity index (χ1) is 9.43. The zero-order valence-electron chi connectivity index (χ0n) is 11.9. The van der Waals surface area contributed by atoms with Crippen LogP contribution in [0.1, 0.15) is 43.6 Å². The second-order valence-electron chi connectivity index (χ2n) is 5.65. The van der Waals surface area contributed by atoms with Gasteiger partial charge in [-0.25, -0.2) is 9.48 Å². The van der Waals surface area contributed by atoms with Crippen LogP contribution in [0.3, 0.4) is 0 Å². The van der Waals surface area contributed by atoms with Gasteiger partial charge in [0.1, 0.15) is 6.54 Å². The molecule has 7 heteroatoms. The van der Waals surface area contributed by atoms with Crippen LogP contribution in [0.4, 0.5) is 0 Å². The molecule has 0 unspecified atom stereocenters. The number of carboxylic acids is 1. The molecule has 1 amide bonds. The van der Waals surface area contributed by atoms with Crippen molar-refractivity contribution in [3.05, 3.63) is 11.9 Å². The lowest BCUT2D eigenvalue weighted by Crippen LogP contribution is -2.43. The maximum Gasteiger partial charge on any atom is 0.358 e. The Morgan fingerprint density at radius 3 is 2.55 bits per heavy atom. The highest BCUT2D eigenvalue weighted by Gasteiger charge is 2.30. The van der Waals surface area contributed by atoms with Crippen LogP contribution < -0.4 is 0 Å². The topological polar surface area (TPSA) is 88.3 Å². The summed E-state index contributed by atoms with van der Waals surface area (Å²) < 4.78 is 1.28. The van der Waals surface area contributed by atoms with Gasteiger partial charge in [0.05, 0.1) is 6.20 Å². The van der Waals surface area contributed by atoms with Gasteiger partial charge in [-0.1, -0.05) is 25.5 Å². The Balaban J connectivity index is 1.91. The standard InChI is InChI=1S/C13H20N4O3/c1-3-13(2)4-6-16(7-5-13)11(18)9-17-8-10(12(19)20)14-15-17/h8H,3-7,9H2,1-2H3,(H,19,20). The fourth-order valence-corrected chi connectivity index (χ4v) is 2.36. The lowest BCUT2D eigenvalue weighted by molar-refractivity contribution is -0.134. The number of amides is 1. The summed E-state index contributed by atoms with van der Waals surface area (Å²) in [6, 6.07) is 0. The molecule has 1 fully saturated rings. The molecular weight excluding hydrogens is 260 g/mol. The van der Waals surface area contributed by atoms with E-state index in [1.54, 1.807) is 0 Å². The van der Waals surface area contributed by atoms with Crippen LogP contribution in [0.15, 0.2) is 6.20 Å². The highest BCUT2D eigenvalue weighted by Crippen LogP contribution is 2.33. The first kappa shape index (κ1) is 14.5. The second-order valence-corrected chi connectivity index (χ2v) is 5.65. The number of hydrogen-bond donors (Lipinski definition) is 1. The van der Waals surface area contributed by atoms with Gasteiger partial charge in [0.25, 0.3) is 0 Å². The Labute approximate surface area is 117 Å². The maximum absolute atomic E-state index is 12.1. The molecule has 0 atom stereocenters. The van der Waals surface area contributed by atoms with Gasteiger partial charge in [0, 0.05) is 13.1 Å². The summed E-state index contributed by atoms with van der Waals surface area (Å²) in [4.78, 5) is 24.6. The molecule has 1 saturated heterocycles. The van der Waals surface area contributed by atoms with Gasteiger partial charge < -0.3 is 10.0 Å². The third kappa shape index (κ3) is 3.15. The van der Waals surface area contributed by atoms with Crippen LogP contribution >= 0.6 is 0 Å². The Morgan fingerprint density at radius 2 is 2.05 bits per heavy atom. The van der Waals surface area contributed by atoms with E-state index in [0.29, 0.717) is 5.41 Å². The minimum atomic E-state index is -1.14.